The predicted octanol–water partition coefficient (Wildman–Crippen LogP) is 1.96. The van der Waals surface area contributed by atoms with E-state index >= 15 is 0 Å². The highest BCUT2D eigenvalue weighted by Crippen LogP contribution is 2.37. The molecular formula is C13H16N4O3. The maximum Gasteiger partial charge on any atom is 0.268 e. The molecule has 1 heterocycles. The zero-order valence-corrected chi connectivity index (χ0v) is 11.3. The molecule has 0 fully saturated rings. The molecule has 0 atom stereocenters. The standard InChI is InChI=1S/C13H16N4O3/c1-3-19-9-6-4-5-7-10(9)20-13-11(18-2)12(17-14)15-8-16-13/h4-8H,3,14H2,1-2H3,(H,15,16,17). The maximum absolute atomic E-state index is 5.73. The third-order valence-electron chi connectivity index (χ3n) is 2.47. The number of hydrazine groups is 1. The van der Waals surface area contributed by atoms with Gasteiger partial charge in [0.2, 0.25) is 5.75 Å². The molecule has 0 radical (unpaired) electrons. The number of hydrogen-bond acceptors (Lipinski definition) is 7. The smallest absolute Gasteiger partial charge is 0.268 e. The van der Waals surface area contributed by atoms with Gasteiger partial charge < -0.3 is 19.6 Å². The lowest BCUT2D eigenvalue weighted by atomic mass is 10.3. The summed E-state index contributed by atoms with van der Waals surface area (Å²) < 4.78 is 16.4. The Bertz CT molecular complexity index is 577. The van der Waals surface area contributed by atoms with Gasteiger partial charge in [-0.1, -0.05) is 12.1 Å². The van der Waals surface area contributed by atoms with Gasteiger partial charge in [-0.15, -0.1) is 0 Å². The summed E-state index contributed by atoms with van der Waals surface area (Å²) in [6, 6.07) is 7.30. The molecule has 1 aromatic heterocycles. The van der Waals surface area contributed by atoms with Crippen LogP contribution in [0.4, 0.5) is 5.82 Å². The van der Waals surface area contributed by atoms with Crippen LogP contribution >= 0.6 is 0 Å². The number of aromatic nitrogens is 2. The van der Waals surface area contributed by atoms with Crippen molar-refractivity contribution < 1.29 is 14.2 Å². The van der Waals surface area contributed by atoms with Crippen LogP contribution in [0.1, 0.15) is 6.92 Å². The minimum Gasteiger partial charge on any atom is -0.490 e. The number of nitrogens with two attached hydrogens (primary N) is 1. The van der Waals surface area contributed by atoms with Crippen molar-refractivity contribution in [3.05, 3.63) is 30.6 Å². The van der Waals surface area contributed by atoms with Crippen LogP contribution in [0.15, 0.2) is 30.6 Å². The fourth-order valence-corrected chi connectivity index (χ4v) is 1.63. The van der Waals surface area contributed by atoms with E-state index in [-0.39, 0.29) is 5.88 Å². The molecule has 0 aliphatic carbocycles. The number of rotatable bonds is 6. The third-order valence-corrected chi connectivity index (χ3v) is 2.47. The minimum absolute atomic E-state index is 0.252. The van der Waals surface area contributed by atoms with Crippen LogP contribution in [0.5, 0.6) is 23.1 Å². The molecule has 20 heavy (non-hydrogen) atoms. The quantitative estimate of drug-likeness (QED) is 0.615. The van der Waals surface area contributed by atoms with E-state index in [1.165, 1.54) is 13.4 Å². The Morgan fingerprint density at radius 1 is 1.20 bits per heavy atom. The maximum atomic E-state index is 5.73. The van der Waals surface area contributed by atoms with Gasteiger partial charge in [-0.25, -0.2) is 10.8 Å². The van der Waals surface area contributed by atoms with E-state index in [4.69, 9.17) is 20.1 Å². The van der Waals surface area contributed by atoms with Crippen molar-refractivity contribution >= 4 is 5.82 Å². The third kappa shape index (κ3) is 2.89. The number of nitrogens with one attached hydrogen (secondary N) is 1. The Labute approximate surface area is 116 Å². The molecule has 0 unspecified atom stereocenters. The topological polar surface area (TPSA) is 91.5 Å². The normalized spacial score (nSPS) is 9.95. The molecule has 3 N–H and O–H groups in total. The molecule has 0 bridgehead atoms. The Kier molecular flexibility index (Phi) is 4.56. The number of anilines is 1. The van der Waals surface area contributed by atoms with Crippen LogP contribution in [-0.4, -0.2) is 23.7 Å². The predicted molar refractivity (Wildman–Crippen MR) is 74.1 cm³/mol. The number of ether oxygens (including phenoxy) is 3. The molecule has 7 nitrogen and oxygen atoms in total. The second-order valence-corrected chi connectivity index (χ2v) is 3.69. The van der Waals surface area contributed by atoms with Gasteiger partial charge in [0, 0.05) is 0 Å². The average molecular weight is 276 g/mol. The summed E-state index contributed by atoms with van der Waals surface area (Å²) in [7, 11) is 1.49. The van der Waals surface area contributed by atoms with Gasteiger partial charge in [0.15, 0.2) is 17.3 Å². The average Bonchev–Trinajstić information content (AvgIpc) is 2.49. The second kappa shape index (κ2) is 6.58. The van der Waals surface area contributed by atoms with Gasteiger partial charge in [0.25, 0.3) is 5.88 Å². The van der Waals surface area contributed by atoms with Gasteiger partial charge >= 0.3 is 0 Å². The van der Waals surface area contributed by atoms with Gasteiger partial charge in [-0.2, -0.15) is 4.98 Å². The molecule has 2 aromatic rings. The SMILES string of the molecule is CCOc1ccccc1Oc1ncnc(NN)c1OC. The van der Waals surface area contributed by atoms with Crippen LogP contribution in [0.25, 0.3) is 0 Å². The molecule has 7 heteroatoms. The molecule has 0 amide bonds. The van der Waals surface area contributed by atoms with Crippen LogP contribution in [0, 0.1) is 0 Å². The van der Waals surface area contributed by atoms with E-state index in [1.54, 1.807) is 6.07 Å². The number of benzene rings is 1. The summed E-state index contributed by atoms with van der Waals surface area (Å²) in [5.41, 5.74) is 2.43. The number of hydrogen-bond donors (Lipinski definition) is 2. The summed E-state index contributed by atoms with van der Waals surface area (Å²) in [5, 5.41) is 0. The van der Waals surface area contributed by atoms with Crippen LogP contribution < -0.4 is 25.5 Å². The van der Waals surface area contributed by atoms with Gasteiger partial charge in [0.1, 0.15) is 6.33 Å². The minimum atomic E-state index is 0.252. The van der Waals surface area contributed by atoms with E-state index in [0.717, 1.165) is 0 Å². The molecule has 0 saturated carbocycles. The van der Waals surface area contributed by atoms with Crippen molar-refractivity contribution in [2.24, 2.45) is 5.84 Å². The van der Waals surface area contributed by atoms with Crippen molar-refractivity contribution in [2.75, 3.05) is 19.1 Å². The van der Waals surface area contributed by atoms with Gasteiger partial charge in [-0.05, 0) is 19.1 Å². The van der Waals surface area contributed by atoms with Crippen molar-refractivity contribution in [3.63, 3.8) is 0 Å². The van der Waals surface area contributed by atoms with Crippen LogP contribution in [-0.2, 0) is 0 Å². The van der Waals surface area contributed by atoms with E-state index in [2.05, 4.69) is 15.4 Å². The molecule has 0 aliphatic rings. The number of para-hydroxylation sites is 2. The highest BCUT2D eigenvalue weighted by molar-refractivity contribution is 5.55. The van der Waals surface area contributed by atoms with Crippen LogP contribution in [0.2, 0.25) is 0 Å². The number of nitrogens with zero attached hydrogens (tertiary/aromatic N) is 2. The van der Waals surface area contributed by atoms with E-state index in [9.17, 15) is 0 Å². The largest absolute Gasteiger partial charge is 0.490 e. The Balaban J connectivity index is 2.35. The molecule has 0 aliphatic heterocycles. The van der Waals surface area contributed by atoms with Crippen LogP contribution in [0.3, 0.4) is 0 Å². The first-order chi connectivity index (χ1) is 9.80. The summed E-state index contributed by atoms with van der Waals surface area (Å²) in [5.74, 6) is 7.44. The molecular weight excluding hydrogens is 260 g/mol. The first kappa shape index (κ1) is 13.9. The molecule has 0 spiro atoms. The fraction of sp³-hybridized carbons (Fsp3) is 0.231. The Morgan fingerprint density at radius 3 is 2.60 bits per heavy atom. The second-order valence-electron chi connectivity index (χ2n) is 3.69. The van der Waals surface area contributed by atoms with Gasteiger partial charge in [-0.3, -0.25) is 0 Å². The molecule has 1 aromatic carbocycles. The summed E-state index contributed by atoms with van der Waals surface area (Å²) in [6.07, 6.45) is 1.33. The van der Waals surface area contributed by atoms with E-state index in [0.29, 0.717) is 29.7 Å². The summed E-state index contributed by atoms with van der Waals surface area (Å²) >= 11 is 0. The summed E-state index contributed by atoms with van der Waals surface area (Å²) in [6.45, 7) is 2.44. The fourth-order valence-electron chi connectivity index (χ4n) is 1.63. The van der Waals surface area contributed by atoms with E-state index < -0.39 is 0 Å². The Morgan fingerprint density at radius 2 is 1.95 bits per heavy atom. The van der Waals surface area contributed by atoms with E-state index in [1.807, 2.05) is 25.1 Å². The highest BCUT2D eigenvalue weighted by atomic mass is 16.5. The first-order valence-corrected chi connectivity index (χ1v) is 6.05. The lowest BCUT2D eigenvalue weighted by Crippen LogP contribution is -2.11. The van der Waals surface area contributed by atoms with Gasteiger partial charge in [0.05, 0.1) is 13.7 Å². The monoisotopic (exact) mass is 276 g/mol. The lowest BCUT2D eigenvalue weighted by Gasteiger charge is -2.13. The molecule has 2 rings (SSSR count). The van der Waals surface area contributed by atoms with Crippen molar-refractivity contribution in [1.29, 1.82) is 0 Å². The lowest BCUT2D eigenvalue weighted by molar-refractivity contribution is 0.313. The van der Waals surface area contributed by atoms with Crippen molar-refractivity contribution in [1.82, 2.24) is 9.97 Å². The Hall–Kier alpha value is -2.54. The molecule has 106 valence electrons. The first-order valence-electron chi connectivity index (χ1n) is 6.05. The summed E-state index contributed by atoms with van der Waals surface area (Å²) in [4.78, 5) is 7.99. The van der Waals surface area contributed by atoms with Crippen molar-refractivity contribution in [3.8, 4) is 23.1 Å². The number of methoxy groups -OCH3 is 1. The molecule has 0 saturated heterocycles. The van der Waals surface area contributed by atoms with Crippen molar-refractivity contribution in [2.45, 2.75) is 6.92 Å². The zero-order valence-electron chi connectivity index (χ0n) is 11.3. The number of nitrogen functional groups attached to an aromatic ring is 1. The zero-order chi connectivity index (χ0) is 14.4. The highest BCUT2D eigenvalue weighted by Gasteiger charge is 2.15.